The average molecular weight is 903 g/mol. The number of aromatic amines is 1. The number of aromatic nitrogens is 2. The Hall–Kier alpha value is -5.98. The highest BCUT2D eigenvalue weighted by molar-refractivity contribution is 7.90. The molecule has 0 bridgehead atoms. The van der Waals surface area contributed by atoms with Gasteiger partial charge in [0.05, 0.1) is 27.1 Å². The Morgan fingerprint density at radius 3 is 2.42 bits per heavy atom. The Balaban J connectivity index is 1.09. The van der Waals surface area contributed by atoms with Crippen molar-refractivity contribution >= 4 is 49.6 Å². The number of hydrogen-bond donors (Lipinski definition) is 3. The number of likely N-dealkylation sites (N-methyl/N-ethyl adjacent to an activating group) is 1. The minimum atomic E-state index is -4.60. The molecule has 1 fully saturated rings. The molecule has 0 spiro atoms. The number of rotatable bonds is 16. The number of nitrogens with zero attached hydrogens (tertiary/aromatic N) is 5. The number of benzene rings is 3. The number of nitro groups is 1. The number of amides is 1. The molecule has 2 aliphatic rings. The summed E-state index contributed by atoms with van der Waals surface area (Å²) in [6.45, 7) is 14.3. The number of sulfonamides is 1. The fraction of sp³-hybridized carbons (Fsp3) is 0.391. The minimum absolute atomic E-state index is 0.0195. The first-order valence-corrected chi connectivity index (χ1v) is 22.8. The molecule has 1 aliphatic carbocycles. The fourth-order valence-corrected chi connectivity index (χ4v) is 9.28. The number of nitrogens with one attached hydrogen (secondary N) is 3. The summed E-state index contributed by atoms with van der Waals surface area (Å²) in [4.78, 5) is 38.8. The number of fused-ring (bicyclic) bond motifs is 1. The maximum atomic E-state index is 13.9. The molecule has 14 nitrogen and oxygen atoms in total. The molecule has 5 aromatic rings. The van der Waals surface area contributed by atoms with E-state index in [9.17, 15) is 36.5 Å². The Morgan fingerprint density at radius 2 is 1.73 bits per heavy atom. The van der Waals surface area contributed by atoms with Crippen molar-refractivity contribution in [3.05, 3.63) is 118 Å². The lowest BCUT2D eigenvalue weighted by Gasteiger charge is -2.39. The van der Waals surface area contributed by atoms with Crippen LogP contribution in [0, 0.1) is 15.5 Å². The molecule has 1 saturated heterocycles. The van der Waals surface area contributed by atoms with Crippen LogP contribution in [0.5, 0.6) is 11.5 Å². The lowest BCUT2D eigenvalue weighted by atomic mass is 9.72. The zero-order valence-corrected chi connectivity index (χ0v) is 37.1. The number of ether oxygens (including phenoxy) is 1. The summed E-state index contributed by atoms with van der Waals surface area (Å²) >= 11 is 0. The van der Waals surface area contributed by atoms with E-state index in [4.69, 9.17) is 4.74 Å². The van der Waals surface area contributed by atoms with Crippen molar-refractivity contribution in [1.82, 2.24) is 24.5 Å². The van der Waals surface area contributed by atoms with E-state index in [2.05, 4.69) is 48.6 Å². The predicted molar refractivity (Wildman–Crippen MR) is 241 cm³/mol. The number of nitro benzene ring substituents is 1. The summed E-state index contributed by atoms with van der Waals surface area (Å²) in [5.74, 6) is -0.628. The van der Waals surface area contributed by atoms with Crippen molar-refractivity contribution in [1.29, 1.82) is 0 Å². The molecule has 340 valence electrons. The van der Waals surface area contributed by atoms with Gasteiger partial charge in [0.2, 0.25) is 0 Å². The van der Waals surface area contributed by atoms with E-state index >= 15 is 0 Å². The van der Waals surface area contributed by atoms with Crippen molar-refractivity contribution in [3.63, 3.8) is 0 Å². The summed E-state index contributed by atoms with van der Waals surface area (Å²) < 4.78 is 75.7. The molecule has 1 amide bonds. The van der Waals surface area contributed by atoms with E-state index in [0.29, 0.717) is 57.2 Å². The van der Waals surface area contributed by atoms with E-state index in [1.807, 2.05) is 19.9 Å². The maximum Gasteiger partial charge on any atom is 0.416 e. The van der Waals surface area contributed by atoms with E-state index in [0.717, 1.165) is 72.8 Å². The Labute approximate surface area is 370 Å². The van der Waals surface area contributed by atoms with Crippen molar-refractivity contribution < 1.29 is 36.0 Å². The third-order valence-corrected chi connectivity index (χ3v) is 13.4. The third-order valence-electron chi connectivity index (χ3n) is 12.1. The molecule has 0 atom stereocenters. The number of carbonyl (C=O) groups is 1. The number of anilines is 2. The van der Waals surface area contributed by atoms with Gasteiger partial charge in [-0.05, 0) is 97.4 Å². The van der Waals surface area contributed by atoms with Crippen LogP contribution in [0.2, 0.25) is 0 Å². The van der Waals surface area contributed by atoms with E-state index in [1.165, 1.54) is 30.0 Å². The second-order valence-corrected chi connectivity index (χ2v) is 18.6. The van der Waals surface area contributed by atoms with Gasteiger partial charge in [0.15, 0.2) is 0 Å². The van der Waals surface area contributed by atoms with Gasteiger partial charge >= 0.3 is 6.18 Å². The normalized spacial score (nSPS) is 16.0. The summed E-state index contributed by atoms with van der Waals surface area (Å²) in [7, 11) is -4.60. The van der Waals surface area contributed by atoms with Gasteiger partial charge in [-0.2, -0.15) is 13.2 Å². The smallest absolute Gasteiger partial charge is 0.416 e. The molecular weight excluding hydrogens is 850 g/mol. The van der Waals surface area contributed by atoms with Gasteiger partial charge in [0.1, 0.15) is 22.8 Å². The Bertz CT molecular complexity index is 2640. The SMILES string of the molecule is CCN(CC)CCNc1ccc(S(=O)(=O)NC(=O)c2ccc(N3CCN(CC4=C(c5ccc(C(F)(F)F)cc5)CC(C)(C)CC4)CC3)cc2Oc2cnc3[nH]ccc3c2)cc1[N+](=O)[O-]. The van der Waals surface area contributed by atoms with Crippen LogP contribution >= 0.6 is 0 Å². The second-order valence-electron chi connectivity index (χ2n) is 17.0. The van der Waals surface area contributed by atoms with Gasteiger partial charge < -0.3 is 24.8 Å². The predicted octanol–water partition coefficient (Wildman–Crippen LogP) is 8.94. The first kappa shape index (κ1) is 46.0. The summed E-state index contributed by atoms with van der Waals surface area (Å²) in [6, 6.07) is 17.4. The van der Waals surface area contributed by atoms with Gasteiger partial charge in [-0.1, -0.05) is 45.4 Å². The maximum absolute atomic E-state index is 13.9. The number of halogens is 3. The molecule has 1 aliphatic heterocycles. The Kier molecular flexibility index (Phi) is 13.7. The molecule has 3 N–H and O–H groups in total. The molecular formula is C46H53F3N8O6S. The van der Waals surface area contributed by atoms with Crippen molar-refractivity contribution in [2.45, 2.75) is 58.0 Å². The van der Waals surface area contributed by atoms with Gasteiger partial charge in [0, 0.05) is 75.2 Å². The molecule has 0 saturated carbocycles. The lowest BCUT2D eigenvalue weighted by Crippen LogP contribution is -2.47. The minimum Gasteiger partial charge on any atom is -0.455 e. The summed E-state index contributed by atoms with van der Waals surface area (Å²) in [6.07, 6.45) is 1.41. The van der Waals surface area contributed by atoms with Gasteiger partial charge in [-0.15, -0.1) is 0 Å². The van der Waals surface area contributed by atoms with Crippen molar-refractivity contribution in [2.24, 2.45) is 5.41 Å². The topological polar surface area (TPSA) is 166 Å². The van der Waals surface area contributed by atoms with Crippen LogP contribution in [0.15, 0.2) is 95.7 Å². The number of allylic oxidation sites excluding steroid dienone is 1. The fourth-order valence-electron chi connectivity index (χ4n) is 8.29. The highest BCUT2D eigenvalue weighted by Gasteiger charge is 2.33. The van der Waals surface area contributed by atoms with Crippen LogP contribution in [0.3, 0.4) is 0 Å². The molecule has 64 heavy (non-hydrogen) atoms. The van der Waals surface area contributed by atoms with E-state index in [1.54, 1.807) is 36.5 Å². The highest BCUT2D eigenvalue weighted by Crippen LogP contribution is 2.44. The molecule has 3 aromatic carbocycles. The third kappa shape index (κ3) is 10.8. The van der Waals surface area contributed by atoms with E-state index < -0.39 is 43.2 Å². The van der Waals surface area contributed by atoms with Gasteiger partial charge in [-0.25, -0.2) is 18.1 Å². The monoisotopic (exact) mass is 902 g/mol. The number of pyridine rings is 1. The Morgan fingerprint density at radius 1 is 1.00 bits per heavy atom. The lowest BCUT2D eigenvalue weighted by molar-refractivity contribution is -0.384. The number of hydrogen-bond acceptors (Lipinski definition) is 11. The zero-order valence-electron chi connectivity index (χ0n) is 36.3. The first-order valence-electron chi connectivity index (χ1n) is 21.4. The zero-order chi connectivity index (χ0) is 45.8. The molecule has 2 aromatic heterocycles. The van der Waals surface area contributed by atoms with Crippen LogP contribution in [0.1, 0.15) is 68.4 Å². The molecule has 0 unspecified atom stereocenters. The standard InChI is InChI=1S/C46H53F3N8O6S/c1-5-54(6-2)20-19-50-40-14-12-37(27-41(40)57(59)60)64(61,62)53-44(58)38-13-11-35(26-42(38)63-36-25-32-16-18-51-43(32)52-29-36)56-23-21-55(22-24-56)30-33-15-17-45(3,4)28-39(33)31-7-9-34(10-8-31)46(47,48)49/h7-14,16,18,25-27,29,50H,5-6,15,17,19-24,28,30H2,1-4H3,(H,51,52)(H,53,58). The molecule has 0 radical (unpaired) electrons. The summed E-state index contributed by atoms with van der Waals surface area (Å²) in [5.41, 5.74) is 3.47. The second kappa shape index (κ2) is 19.0. The molecule has 7 rings (SSSR count). The largest absolute Gasteiger partial charge is 0.455 e. The molecule has 3 heterocycles. The van der Waals surface area contributed by atoms with E-state index in [-0.39, 0.29) is 22.4 Å². The van der Waals surface area contributed by atoms with Crippen LogP contribution in [-0.2, 0) is 16.2 Å². The van der Waals surface area contributed by atoms with Gasteiger partial charge in [0.25, 0.3) is 21.6 Å². The number of piperazine rings is 1. The number of carbonyl (C=O) groups excluding carboxylic acids is 1. The highest BCUT2D eigenvalue weighted by atomic mass is 32.2. The summed E-state index contributed by atoms with van der Waals surface area (Å²) in [5, 5.41) is 15.8. The number of alkyl halides is 3. The average Bonchev–Trinajstić information content (AvgIpc) is 3.74. The van der Waals surface area contributed by atoms with Crippen LogP contribution in [0.4, 0.5) is 30.2 Å². The van der Waals surface area contributed by atoms with Crippen LogP contribution in [-0.4, -0.2) is 97.9 Å². The van der Waals surface area contributed by atoms with Gasteiger partial charge in [-0.3, -0.25) is 19.8 Å². The van der Waals surface area contributed by atoms with Crippen LogP contribution < -0.4 is 19.7 Å². The van der Waals surface area contributed by atoms with Crippen molar-refractivity contribution in [3.8, 4) is 11.5 Å². The quantitative estimate of drug-likeness (QED) is 0.0639. The number of H-pyrrole nitrogens is 1. The van der Waals surface area contributed by atoms with Crippen molar-refractivity contribution in [2.75, 3.05) is 69.1 Å². The van der Waals surface area contributed by atoms with Crippen LogP contribution in [0.25, 0.3) is 16.6 Å². The first-order chi connectivity index (χ1) is 30.4. The molecule has 18 heteroatoms.